The zero-order valence-corrected chi connectivity index (χ0v) is 13.4. The fourth-order valence-corrected chi connectivity index (χ4v) is 5.05. The molecule has 0 radical (unpaired) electrons. The van der Waals surface area contributed by atoms with Gasteiger partial charge in [0.2, 0.25) is 0 Å². The molecule has 1 aromatic carbocycles. The van der Waals surface area contributed by atoms with Crippen LogP contribution in [0.1, 0.15) is 32.3 Å². The van der Waals surface area contributed by atoms with Crippen molar-refractivity contribution in [2.24, 2.45) is 10.8 Å². The van der Waals surface area contributed by atoms with Gasteiger partial charge in [-0.15, -0.1) is 0 Å². The third-order valence-corrected chi connectivity index (χ3v) is 5.71. The van der Waals surface area contributed by atoms with E-state index in [9.17, 15) is 0 Å². The van der Waals surface area contributed by atoms with Crippen LogP contribution in [0.15, 0.2) is 30.3 Å². The quantitative estimate of drug-likeness (QED) is 0.831. The van der Waals surface area contributed by atoms with Crippen LogP contribution in [0.2, 0.25) is 0 Å². The Kier molecular flexibility index (Phi) is 2.97. The van der Waals surface area contributed by atoms with Gasteiger partial charge < -0.3 is 0 Å². The summed E-state index contributed by atoms with van der Waals surface area (Å²) >= 11 is 0. The Morgan fingerprint density at radius 2 is 1.90 bits per heavy atom. The molecule has 3 aliphatic rings. The van der Waals surface area contributed by atoms with Crippen molar-refractivity contribution in [2.45, 2.75) is 45.4 Å². The van der Waals surface area contributed by atoms with E-state index < -0.39 is 0 Å². The van der Waals surface area contributed by atoms with Gasteiger partial charge in [0.25, 0.3) is 0 Å². The number of hydroxylamine groups is 2. The molecule has 3 heteroatoms. The number of likely N-dealkylation sites (tertiary alicyclic amines) is 1. The smallest absolute Gasteiger partial charge is 0.0991 e. The van der Waals surface area contributed by atoms with Gasteiger partial charge in [0, 0.05) is 38.1 Å². The van der Waals surface area contributed by atoms with Gasteiger partial charge in [-0.3, -0.25) is 9.74 Å². The Hall–Kier alpha value is -0.900. The Bertz CT molecular complexity index is 523. The van der Waals surface area contributed by atoms with Crippen LogP contribution in [0.3, 0.4) is 0 Å². The fourth-order valence-electron chi connectivity index (χ4n) is 5.05. The van der Waals surface area contributed by atoms with Crippen LogP contribution in [0.25, 0.3) is 0 Å². The van der Waals surface area contributed by atoms with Crippen LogP contribution in [0, 0.1) is 10.8 Å². The summed E-state index contributed by atoms with van der Waals surface area (Å²) in [6.45, 7) is 8.10. The predicted molar refractivity (Wildman–Crippen MR) is 83.6 cm³/mol. The van der Waals surface area contributed by atoms with E-state index in [1.54, 1.807) is 0 Å². The average molecular weight is 286 g/mol. The lowest BCUT2D eigenvalue weighted by Crippen LogP contribution is -2.48. The molecule has 1 aliphatic carbocycles. The van der Waals surface area contributed by atoms with Crippen molar-refractivity contribution >= 4 is 0 Å². The molecule has 2 heterocycles. The first kappa shape index (κ1) is 13.7. The molecular formula is C18H26N2O. The number of rotatable bonds is 2. The molecule has 0 amide bonds. The Balaban J connectivity index is 1.60. The topological polar surface area (TPSA) is 15.7 Å². The van der Waals surface area contributed by atoms with E-state index in [0.717, 1.165) is 19.6 Å². The van der Waals surface area contributed by atoms with E-state index in [0.29, 0.717) is 17.6 Å². The predicted octanol–water partition coefficient (Wildman–Crippen LogP) is 2.92. The highest BCUT2D eigenvalue weighted by molar-refractivity contribution is 5.18. The van der Waals surface area contributed by atoms with Crippen molar-refractivity contribution in [2.75, 3.05) is 20.1 Å². The average Bonchev–Trinajstić information content (AvgIpc) is 3.13. The molecule has 4 rings (SSSR count). The lowest BCUT2D eigenvalue weighted by molar-refractivity contribution is -0.177. The Morgan fingerprint density at radius 3 is 2.57 bits per heavy atom. The minimum atomic E-state index is 0.269. The summed E-state index contributed by atoms with van der Waals surface area (Å²) in [4.78, 5) is 8.84. The second-order valence-corrected chi connectivity index (χ2v) is 7.92. The molecule has 2 bridgehead atoms. The van der Waals surface area contributed by atoms with E-state index in [1.165, 1.54) is 18.4 Å². The lowest BCUT2D eigenvalue weighted by atomic mass is 9.75. The minimum Gasteiger partial charge on any atom is -0.296 e. The second kappa shape index (κ2) is 4.55. The number of nitrogens with zero attached hydrogens (tertiary/aromatic N) is 2. The van der Waals surface area contributed by atoms with E-state index in [2.05, 4.69) is 61.2 Å². The molecule has 21 heavy (non-hydrogen) atoms. The van der Waals surface area contributed by atoms with Gasteiger partial charge in [-0.2, -0.15) is 5.06 Å². The molecule has 2 atom stereocenters. The van der Waals surface area contributed by atoms with Gasteiger partial charge in [-0.25, -0.2) is 0 Å². The van der Waals surface area contributed by atoms with Gasteiger partial charge in [0.1, 0.15) is 0 Å². The maximum atomic E-state index is 6.24. The van der Waals surface area contributed by atoms with E-state index in [1.807, 2.05) is 0 Å². The zero-order chi connectivity index (χ0) is 14.7. The van der Waals surface area contributed by atoms with Crippen LogP contribution in [0.5, 0.6) is 0 Å². The molecule has 114 valence electrons. The third-order valence-electron chi connectivity index (χ3n) is 5.71. The number of benzene rings is 1. The molecule has 3 fully saturated rings. The molecule has 2 saturated heterocycles. The molecule has 3 nitrogen and oxygen atoms in total. The summed E-state index contributed by atoms with van der Waals surface area (Å²) in [5.41, 5.74) is 2.11. The first-order valence-corrected chi connectivity index (χ1v) is 8.17. The van der Waals surface area contributed by atoms with Crippen LogP contribution in [-0.4, -0.2) is 42.2 Å². The van der Waals surface area contributed by atoms with E-state index in [-0.39, 0.29) is 5.41 Å². The summed E-state index contributed by atoms with van der Waals surface area (Å²) in [5.74, 6) is 0. The fraction of sp³-hybridized carbons (Fsp3) is 0.667. The normalized spacial score (nSPS) is 34.0. The third kappa shape index (κ3) is 2.14. The van der Waals surface area contributed by atoms with Gasteiger partial charge in [0.15, 0.2) is 0 Å². The minimum absolute atomic E-state index is 0.269. The van der Waals surface area contributed by atoms with Crippen molar-refractivity contribution in [1.29, 1.82) is 0 Å². The molecule has 0 unspecified atom stereocenters. The van der Waals surface area contributed by atoms with Crippen molar-refractivity contribution in [3.05, 3.63) is 35.9 Å². The zero-order valence-electron chi connectivity index (χ0n) is 13.4. The van der Waals surface area contributed by atoms with Crippen molar-refractivity contribution in [1.82, 2.24) is 9.96 Å². The Morgan fingerprint density at radius 1 is 1.19 bits per heavy atom. The first-order chi connectivity index (χ1) is 10.0. The van der Waals surface area contributed by atoms with Crippen LogP contribution >= 0.6 is 0 Å². The summed E-state index contributed by atoms with van der Waals surface area (Å²) in [6.07, 6.45) is 3.07. The molecular weight excluding hydrogens is 260 g/mol. The van der Waals surface area contributed by atoms with Gasteiger partial charge in [-0.05, 0) is 23.8 Å². The molecule has 0 N–H and O–H groups in total. The van der Waals surface area contributed by atoms with Crippen LogP contribution in [0.4, 0.5) is 0 Å². The molecule has 1 aromatic rings. The Labute approximate surface area is 127 Å². The van der Waals surface area contributed by atoms with E-state index in [4.69, 9.17) is 4.84 Å². The van der Waals surface area contributed by atoms with Gasteiger partial charge in [-0.1, -0.05) is 44.2 Å². The second-order valence-electron chi connectivity index (χ2n) is 7.92. The molecule has 1 saturated carbocycles. The van der Waals surface area contributed by atoms with Crippen molar-refractivity contribution in [3.8, 4) is 0 Å². The van der Waals surface area contributed by atoms with E-state index >= 15 is 0 Å². The summed E-state index contributed by atoms with van der Waals surface area (Å²) in [5, 5.41) is 2.18. The molecule has 0 aromatic heterocycles. The van der Waals surface area contributed by atoms with Gasteiger partial charge in [0.05, 0.1) is 6.10 Å². The van der Waals surface area contributed by atoms with Gasteiger partial charge >= 0.3 is 0 Å². The highest BCUT2D eigenvalue weighted by atomic mass is 16.7. The van der Waals surface area contributed by atoms with Crippen molar-refractivity contribution in [3.63, 3.8) is 0 Å². The van der Waals surface area contributed by atoms with Crippen LogP contribution in [-0.2, 0) is 11.4 Å². The maximum Gasteiger partial charge on any atom is 0.0991 e. The summed E-state index contributed by atoms with van der Waals surface area (Å²) in [7, 11) is 2.14. The summed E-state index contributed by atoms with van der Waals surface area (Å²) in [6, 6.07) is 11.4. The van der Waals surface area contributed by atoms with Crippen molar-refractivity contribution < 1.29 is 4.84 Å². The van der Waals surface area contributed by atoms with Crippen LogP contribution < -0.4 is 0 Å². The highest BCUT2D eigenvalue weighted by Crippen LogP contribution is 2.63. The summed E-state index contributed by atoms with van der Waals surface area (Å²) < 4.78 is 0. The monoisotopic (exact) mass is 286 g/mol. The number of hydrogen-bond acceptors (Lipinski definition) is 3. The molecule has 2 aliphatic heterocycles. The number of hydrogen-bond donors (Lipinski definition) is 0. The largest absolute Gasteiger partial charge is 0.296 e. The lowest BCUT2D eigenvalue weighted by Gasteiger charge is -2.40. The maximum absolute atomic E-state index is 6.24. The highest BCUT2D eigenvalue weighted by Gasteiger charge is 2.67. The standard InChI is InChI=1S/C18H26N2O/c1-17(2)13-20(11-14-7-5-4-6-8-14)12-15-18(9-10-18)16(17)19(3)21-15/h4-8,15-16H,9-13H2,1-3H3/t15-,16+/m0/s1. The molecule has 1 spiro atoms. The first-order valence-electron chi connectivity index (χ1n) is 8.17. The SMILES string of the molecule is CN1O[C@H]2CN(Cc3ccccc3)CC(C)(C)[C@@H]1C21CC1.